The SMILES string of the molecule is O=C(Cc1ccc2c(c1)OCO2)NCc1nnc2n1C[C@H](C(F)(F)F)CC2. The second-order valence-electron chi connectivity index (χ2n) is 6.56. The molecule has 2 aliphatic rings. The maximum atomic E-state index is 13.0. The number of halogens is 3. The molecule has 0 unspecified atom stereocenters. The van der Waals surface area contributed by atoms with Crippen molar-refractivity contribution in [3.8, 4) is 11.5 Å². The Morgan fingerprint density at radius 3 is 2.89 bits per heavy atom. The van der Waals surface area contributed by atoms with Gasteiger partial charge in [0.2, 0.25) is 12.7 Å². The topological polar surface area (TPSA) is 78.3 Å². The van der Waals surface area contributed by atoms with Crippen LogP contribution in [0.25, 0.3) is 0 Å². The van der Waals surface area contributed by atoms with Crippen LogP contribution < -0.4 is 14.8 Å². The van der Waals surface area contributed by atoms with E-state index in [0.29, 0.717) is 23.1 Å². The zero-order valence-corrected chi connectivity index (χ0v) is 14.3. The number of aryl methyl sites for hydroxylation is 1. The van der Waals surface area contributed by atoms with Crippen LogP contribution in [0.5, 0.6) is 11.5 Å². The molecule has 0 fully saturated rings. The number of alkyl halides is 3. The molecule has 10 heteroatoms. The third-order valence-corrected chi connectivity index (χ3v) is 4.73. The fourth-order valence-electron chi connectivity index (χ4n) is 3.26. The molecule has 0 spiro atoms. The van der Waals surface area contributed by atoms with Gasteiger partial charge in [0.05, 0.1) is 18.9 Å². The first-order valence-corrected chi connectivity index (χ1v) is 8.53. The van der Waals surface area contributed by atoms with E-state index in [4.69, 9.17) is 9.47 Å². The summed E-state index contributed by atoms with van der Waals surface area (Å²) in [6.45, 7) is -0.0257. The molecule has 1 atom stereocenters. The molecule has 0 radical (unpaired) electrons. The summed E-state index contributed by atoms with van der Waals surface area (Å²) in [6, 6.07) is 5.23. The van der Waals surface area contributed by atoms with Gasteiger partial charge in [0.1, 0.15) is 5.82 Å². The number of rotatable bonds is 4. The molecule has 0 aliphatic carbocycles. The minimum absolute atomic E-state index is 0.0120. The van der Waals surface area contributed by atoms with Gasteiger partial charge in [-0.05, 0) is 24.1 Å². The Kier molecular flexibility index (Phi) is 4.40. The maximum Gasteiger partial charge on any atom is 0.393 e. The highest BCUT2D eigenvalue weighted by atomic mass is 19.4. The number of ether oxygens (including phenoxy) is 2. The fraction of sp³-hybridized carbons (Fsp3) is 0.471. The van der Waals surface area contributed by atoms with Crippen LogP contribution in [-0.4, -0.2) is 33.6 Å². The molecule has 7 nitrogen and oxygen atoms in total. The average molecular weight is 382 g/mol. The van der Waals surface area contributed by atoms with Gasteiger partial charge in [-0.15, -0.1) is 10.2 Å². The number of nitrogens with zero attached hydrogens (tertiary/aromatic N) is 3. The lowest BCUT2D eigenvalue weighted by molar-refractivity contribution is -0.182. The number of fused-ring (bicyclic) bond motifs is 2. The average Bonchev–Trinajstić information content (AvgIpc) is 3.25. The van der Waals surface area contributed by atoms with Crippen molar-refractivity contribution in [2.45, 2.75) is 38.5 Å². The van der Waals surface area contributed by atoms with E-state index in [-0.39, 0.29) is 45.1 Å². The van der Waals surface area contributed by atoms with E-state index in [0.717, 1.165) is 5.56 Å². The molecule has 0 saturated heterocycles. The van der Waals surface area contributed by atoms with Crippen molar-refractivity contribution in [3.05, 3.63) is 35.4 Å². The van der Waals surface area contributed by atoms with E-state index in [1.807, 2.05) is 0 Å². The molecular formula is C17H17F3N4O3. The lowest BCUT2D eigenvalue weighted by atomic mass is 9.99. The number of carbonyl (C=O) groups excluding carboxylic acids is 1. The zero-order valence-electron chi connectivity index (χ0n) is 14.3. The number of aromatic nitrogens is 3. The zero-order chi connectivity index (χ0) is 19.0. The molecule has 1 aromatic carbocycles. The molecule has 144 valence electrons. The summed E-state index contributed by atoms with van der Waals surface area (Å²) >= 11 is 0. The molecule has 0 saturated carbocycles. The van der Waals surface area contributed by atoms with Gasteiger partial charge in [-0.1, -0.05) is 6.07 Å². The van der Waals surface area contributed by atoms with Crippen LogP contribution in [0.2, 0.25) is 0 Å². The normalized spacial score (nSPS) is 18.3. The van der Waals surface area contributed by atoms with Gasteiger partial charge in [0, 0.05) is 13.0 Å². The summed E-state index contributed by atoms with van der Waals surface area (Å²) < 4.78 is 50.9. The number of hydrogen-bond donors (Lipinski definition) is 1. The predicted octanol–water partition coefficient (Wildman–Crippen LogP) is 1.99. The minimum atomic E-state index is -4.25. The van der Waals surface area contributed by atoms with Crippen LogP contribution in [0.1, 0.15) is 23.6 Å². The Morgan fingerprint density at radius 1 is 1.26 bits per heavy atom. The van der Waals surface area contributed by atoms with Crippen LogP contribution in [0, 0.1) is 5.92 Å². The van der Waals surface area contributed by atoms with E-state index in [2.05, 4.69) is 15.5 Å². The lowest BCUT2D eigenvalue weighted by Gasteiger charge is -2.26. The second kappa shape index (κ2) is 6.75. The molecule has 27 heavy (non-hydrogen) atoms. The molecule has 1 N–H and O–H groups in total. The van der Waals surface area contributed by atoms with E-state index >= 15 is 0 Å². The van der Waals surface area contributed by atoms with Crippen molar-refractivity contribution >= 4 is 5.91 Å². The van der Waals surface area contributed by atoms with Crippen LogP contribution >= 0.6 is 0 Å². The van der Waals surface area contributed by atoms with Crippen molar-refractivity contribution in [1.82, 2.24) is 20.1 Å². The summed E-state index contributed by atoms with van der Waals surface area (Å²) in [5.41, 5.74) is 0.747. The highest BCUT2D eigenvalue weighted by Crippen LogP contribution is 2.34. The van der Waals surface area contributed by atoms with Gasteiger partial charge in [0.15, 0.2) is 17.3 Å². The third-order valence-electron chi connectivity index (χ3n) is 4.73. The van der Waals surface area contributed by atoms with Crippen molar-refractivity contribution in [2.24, 2.45) is 5.92 Å². The smallest absolute Gasteiger partial charge is 0.393 e. The van der Waals surface area contributed by atoms with Crippen molar-refractivity contribution in [2.75, 3.05) is 6.79 Å². The van der Waals surface area contributed by atoms with Crippen LogP contribution in [-0.2, 0) is 30.7 Å². The van der Waals surface area contributed by atoms with E-state index in [1.165, 1.54) is 4.57 Å². The van der Waals surface area contributed by atoms with Gasteiger partial charge in [-0.3, -0.25) is 4.79 Å². The number of hydrogen-bond acceptors (Lipinski definition) is 5. The summed E-state index contributed by atoms with van der Waals surface area (Å²) in [5.74, 6) is 0.394. The summed E-state index contributed by atoms with van der Waals surface area (Å²) in [5, 5.41) is 10.6. The Bertz CT molecular complexity index is 866. The molecule has 2 aliphatic heterocycles. The lowest BCUT2D eigenvalue weighted by Crippen LogP contribution is -2.34. The van der Waals surface area contributed by atoms with Gasteiger partial charge in [-0.2, -0.15) is 13.2 Å². The Balaban J connectivity index is 1.37. The maximum absolute atomic E-state index is 13.0. The Morgan fingerprint density at radius 2 is 2.07 bits per heavy atom. The van der Waals surface area contributed by atoms with Crippen molar-refractivity contribution in [1.29, 1.82) is 0 Å². The highest BCUT2D eigenvalue weighted by Gasteiger charge is 2.42. The Labute approximate surface area is 152 Å². The number of nitrogens with one attached hydrogen (secondary N) is 1. The van der Waals surface area contributed by atoms with Crippen LogP contribution in [0.3, 0.4) is 0 Å². The Hall–Kier alpha value is -2.78. The molecule has 1 amide bonds. The van der Waals surface area contributed by atoms with Crippen molar-refractivity contribution in [3.63, 3.8) is 0 Å². The summed E-state index contributed by atoms with van der Waals surface area (Å²) in [7, 11) is 0. The first-order valence-electron chi connectivity index (χ1n) is 8.53. The highest BCUT2D eigenvalue weighted by molar-refractivity contribution is 5.78. The molecule has 3 heterocycles. The van der Waals surface area contributed by atoms with Gasteiger partial charge in [-0.25, -0.2) is 0 Å². The number of carbonyl (C=O) groups is 1. The molecular weight excluding hydrogens is 365 g/mol. The number of amides is 1. The molecule has 4 rings (SSSR count). The van der Waals surface area contributed by atoms with Crippen LogP contribution in [0.15, 0.2) is 18.2 Å². The van der Waals surface area contributed by atoms with E-state index in [1.54, 1.807) is 18.2 Å². The van der Waals surface area contributed by atoms with Crippen molar-refractivity contribution < 1.29 is 27.4 Å². The molecule has 1 aromatic heterocycles. The summed E-state index contributed by atoms with van der Waals surface area (Å²) in [6.07, 6.45) is -3.90. The van der Waals surface area contributed by atoms with E-state index < -0.39 is 12.1 Å². The van der Waals surface area contributed by atoms with Gasteiger partial charge in [0.25, 0.3) is 0 Å². The minimum Gasteiger partial charge on any atom is -0.454 e. The first-order chi connectivity index (χ1) is 12.9. The van der Waals surface area contributed by atoms with Crippen LogP contribution in [0.4, 0.5) is 13.2 Å². The largest absolute Gasteiger partial charge is 0.454 e. The predicted molar refractivity (Wildman–Crippen MR) is 86.0 cm³/mol. The quantitative estimate of drug-likeness (QED) is 0.875. The monoisotopic (exact) mass is 382 g/mol. The fourth-order valence-corrected chi connectivity index (χ4v) is 3.26. The first kappa shape index (κ1) is 17.6. The standard InChI is InChI=1S/C17H17F3N4O3/c18-17(19,20)11-2-4-14-22-23-15(24(14)8-11)7-21-16(25)6-10-1-3-12-13(5-10)27-9-26-12/h1,3,5,11H,2,4,6-9H2,(H,21,25)/t11-/m1/s1. The summed E-state index contributed by atoms with van der Waals surface area (Å²) in [4.78, 5) is 12.2. The number of benzene rings is 1. The molecule has 0 bridgehead atoms. The van der Waals surface area contributed by atoms with E-state index in [9.17, 15) is 18.0 Å². The molecule has 2 aromatic rings. The second-order valence-corrected chi connectivity index (χ2v) is 6.56. The van der Waals surface area contributed by atoms with Gasteiger partial charge < -0.3 is 19.4 Å². The third kappa shape index (κ3) is 3.69. The van der Waals surface area contributed by atoms with Gasteiger partial charge >= 0.3 is 6.18 Å².